The quantitative estimate of drug-likeness (QED) is 0.447. The fraction of sp³-hybridized carbons (Fsp3) is 0.375. The number of benzene rings is 1. The van der Waals surface area contributed by atoms with Crippen LogP contribution in [-0.2, 0) is 33.0 Å². The van der Waals surface area contributed by atoms with E-state index >= 15 is 0 Å². The molecule has 1 amide bonds. The second-order valence-electron chi connectivity index (χ2n) is 8.53. The molecule has 7 nitrogen and oxygen atoms in total. The number of nitrogens with zero attached hydrogens (tertiary/aromatic N) is 5. The highest BCUT2D eigenvalue weighted by Crippen LogP contribution is 2.29. The molecular weight excluding hydrogens is 422 g/mol. The highest BCUT2D eigenvalue weighted by Gasteiger charge is 2.31. The van der Waals surface area contributed by atoms with E-state index in [2.05, 4.69) is 35.2 Å². The first kappa shape index (κ1) is 20.9. The van der Waals surface area contributed by atoms with Gasteiger partial charge in [0.05, 0.1) is 29.6 Å². The van der Waals surface area contributed by atoms with Crippen molar-refractivity contribution in [3.63, 3.8) is 0 Å². The van der Waals surface area contributed by atoms with Crippen LogP contribution < -0.4 is 0 Å². The number of amides is 1. The van der Waals surface area contributed by atoms with Gasteiger partial charge >= 0.3 is 0 Å². The molecule has 32 heavy (non-hydrogen) atoms. The molecule has 0 saturated heterocycles. The summed E-state index contributed by atoms with van der Waals surface area (Å²) in [5, 5.41) is 5.74. The Hall–Kier alpha value is -2.97. The number of hydrogen-bond acceptors (Lipinski definition) is 6. The molecule has 1 aromatic carbocycles. The number of furan rings is 1. The lowest BCUT2D eigenvalue weighted by Crippen LogP contribution is -2.37. The Bertz CT molecular complexity index is 1210. The first-order valence-electron chi connectivity index (χ1n) is 10.9. The molecule has 0 aliphatic heterocycles. The summed E-state index contributed by atoms with van der Waals surface area (Å²) >= 11 is 1.75. The lowest BCUT2D eigenvalue weighted by molar-refractivity contribution is 0.0767. The molecule has 166 valence electrons. The Morgan fingerprint density at radius 1 is 1.22 bits per heavy atom. The van der Waals surface area contributed by atoms with Gasteiger partial charge in [0.15, 0.2) is 5.69 Å². The van der Waals surface area contributed by atoms with Crippen LogP contribution in [0.2, 0.25) is 0 Å². The van der Waals surface area contributed by atoms with Crippen LogP contribution in [0.25, 0.3) is 10.2 Å². The maximum atomic E-state index is 13.2. The fourth-order valence-electron chi connectivity index (χ4n) is 4.54. The molecule has 0 saturated carbocycles. The minimum Gasteiger partial charge on any atom is -0.467 e. The lowest BCUT2D eigenvalue weighted by Gasteiger charge is -2.31. The van der Waals surface area contributed by atoms with Crippen LogP contribution >= 0.6 is 11.3 Å². The molecule has 0 spiro atoms. The van der Waals surface area contributed by atoms with Gasteiger partial charge in [-0.2, -0.15) is 5.10 Å². The van der Waals surface area contributed by atoms with Gasteiger partial charge in [-0.15, -0.1) is 11.3 Å². The molecular formula is C24H27N5O2S. The van der Waals surface area contributed by atoms with Crippen molar-refractivity contribution >= 4 is 27.5 Å². The van der Waals surface area contributed by atoms with Gasteiger partial charge in [-0.25, -0.2) is 4.98 Å². The Morgan fingerprint density at radius 2 is 2.06 bits per heavy atom. The number of aromatic nitrogens is 3. The van der Waals surface area contributed by atoms with Crippen molar-refractivity contribution < 1.29 is 9.21 Å². The van der Waals surface area contributed by atoms with Crippen molar-refractivity contribution in [1.29, 1.82) is 0 Å². The summed E-state index contributed by atoms with van der Waals surface area (Å²) in [4.78, 5) is 22.0. The Balaban J connectivity index is 1.32. The van der Waals surface area contributed by atoms with E-state index in [9.17, 15) is 4.79 Å². The molecule has 0 bridgehead atoms. The van der Waals surface area contributed by atoms with Gasteiger partial charge in [0.1, 0.15) is 10.8 Å². The third-order valence-electron chi connectivity index (χ3n) is 6.30. The average molecular weight is 450 g/mol. The minimum atomic E-state index is -0.0623. The SMILES string of the molecule is CN(Cc1ccco1)C(=O)c1nn(C)c2c1CC(N(C)Cc1nc3ccccc3s1)CC2. The predicted molar refractivity (Wildman–Crippen MR) is 125 cm³/mol. The van der Waals surface area contributed by atoms with Crippen LogP contribution in [0.4, 0.5) is 0 Å². The predicted octanol–water partition coefficient (Wildman–Crippen LogP) is 3.88. The maximum absolute atomic E-state index is 13.2. The van der Waals surface area contributed by atoms with Crippen LogP contribution in [0.1, 0.15) is 38.9 Å². The number of aryl methyl sites for hydroxylation is 1. The van der Waals surface area contributed by atoms with Crippen LogP contribution in [-0.4, -0.2) is 50.6 Å². The number of rotatable bonds is 6. The van der Waals surface area contributed by atoms with Crippen LogP contribution in [0.15, 0.2) is 47.1 Å². The molecule has 0 fully saturated rings. The second kappa shape index (κ2) is 8.52. The zero-order valence-electron chi connectivity index (χ0n) is 18.6. The second-order valence-corrected chi connectivity index (χ2v) is 9.64. The van der Waals surface area contributed by atoms with Gasteiger partial charge < -0.3 is 9.32 Å². The molecule has 5 rings (SSSR count). The molecule has 8 heteroatoms. The smallest absolute Gasteiger partial charge is 0.274 e. The van der Waals surface area contributed by atoms with Gasteiger partial charge in [-0.3, -0.25) is 14.4 Å². The summed E-state index contributed by atoms with van der Waals surface area (Å²) in [6.07, 6.45) is 4.41. The zero-order valence-corrected chi connectivity index (χ0v) is 19.4. The number of fused-ring (bicyclic) bond motifs is 2. The van der Waals surface area contributed by atoms with Crippen molar-refractivity contribution in [3.05, 3.63) is 70.4 Å². The number of hydrogen-bond donors (Lipinski definition) is 0. The summed E-state index contributed by atoms with van der Waals surface area (Å²) in [6.45, 7) is 1.24. The molecule has 1 atom stereocenters. The van der Waals surface area contributed by atoms with Crippen molar-refractivity contribution in [2.45, 2.75) is 38.4 Å². The van der Waals surface area contributed by atoms with E-state index in [1.165, 1.54) is 10.4 Å². The topological polar surface area (TPSA) is 67.4 Å². The third kappa shape index (κ3) is 3.96. The molecule has 0 N–H and O–H groups in total. The molecule has 4 aromatic rings. The summed E-state index contributed by atoms with van der Waals surface area (Å²) in [7, 11) is 5.89. The Morgan fingerprint density at radius 3 is 2.84 bits per heavy atom. The summed E-state index contributed by atoms with van der Waals surface area (Å²) in [5.41, 5.74) is 3.88. The summed E-state index contributed by atoms with van der Waals surface area (Å²) in [5.74, 6) is 0.701. The number of carbonyl (C=O) groups excluding carboxylic acids is 1. The normalized spacial score (nSPS) is 15.9. The van der Waals surface area contributed by atoms with E-state index in [0.29, 0.717) is 18.3 Å². The zero-order chi connectivity index (χ0) is 22.2. The third-order valence-corrected chi connectivity index (χ3v) is 7.32. The number of likely N-dealkylation sites (N-methyl/N-ethyl adjacent to an activating group) is 1. The van der Waals surface area contributed by atoms with Crippen LogP contribution in [0, 0.1) is 0 Å². The van der Waals surface area contributed by atoms with E-state index in [0.717, 1.165) is 47.7 Å². The lowest BCUT2D eigenvalue weighted by atomic mass is 9.90. The molecule has 1 aliphatic rings. The molecule has 1 aliphatic carbocycles. The van der Waals surface area contributed by atoms with E-state index in [1.807, 2.05) is 29.9 Å². The van der Waals surface area contributed by atoms with Gasteiger partial charge in [0.25, 0.3) is 5.91 Å². The largest absolute Gasteiger partial charge is 0.467 e. The standard InChI is InChI=1S/C24H27N5O2S/c1-27(15-22-25-19-8-4-5-9-21(19)32-22)16-10-11-20-18(13-16)23(26-29(20)3)24(30)28(2)14-17-7-6-12-31-17/h4-9,12,16H,10-11,13-15H2,1-3H3. The number of thiazole rings is 1. The van der Waals surface area contributed by atoms with Gasteiger partial charge in [-0.05, 0) is 50.6 Å². The first-order valence-corrected chi connectivity index (χ1v) is 11.7. The van der Waals surface area contributed by atoms with E-state index in [1.54, 1.807) is 29.5 Å². The molecule has 0 radical (unpaired) electrons. The van der Waals surface area contributed by atoms with Crippen LogP contribution in [0.5, 0.6) is 0 Å². The van der Waals surface area contributed by atoms with Crippen molar-refractivity contribution in [2.75, 3.05) is 14.1 Å². The molecule has 1 unspecified atom stereocenters. The van der Waals surface area contributed by atoms with Gasteiger partial charge in [0.2, 0.25) is 0 Å². The van der Waals surface area contributed by atoms with Crippen molar-refractivity contribution in [3.8, 4) is 0 Å². The van der Waals surface area contributed by atoms with E-state index in [-0.39, 0.29) is 5.91 Å². The fourth-order valence-corrected chi connectivity index (χ4v) is 5.57. The Kier molecular flexibility index (Phi) is 5.57. The number of para-hydroxylation sites is 1. The average Bonchev–Trinajstić information content (AvgIpc) is 3.52. The van der Waals surface area contributed by atoms with Crippen molar-refractivity contribution in [1.82, 2.24) is 24.6 Å². The monoisotopic (exact) mass is 449 g/mol. The maximum Gasteiger partial charge on any atom is 0.274 e. The first-order chi connectivity index (χ1) is 15.5. The molecule has 3 heterocycles. The minimum absolute atomic E-state index is 0.0623. The van der Waals surface area contributed by atoms with E-state index < -0.39 is 0 Å². The highest BCUT2D eigenvalue weighted by molar-refractivity contribution is 7.18. The van der Waals surface area contributed by atoms with Crippen LogP contribution in [0.3, 0.4) is 0 Å². The van der Waals surface area contributed by atoms with Gasteiger partial charge in [-0.1, -0.05) is 12.1 Å². The number of carbonyl (C=O) groups is 1. The summed E-state index contributed by atoms with van der Waals surface area (Å²) in [6, 6.07) is 12.3. The summed E-state index contributed by atoms with van der Waals surface area (Å²) < 4.78 is 8.51. The highest BCUT2D eigenvalue weighted by atomic mass is 32.1. The van der Waals surface area contributed by atoms with E-state index in [4.69, 9.17) is 9.40 Å². The molecule has 3 aromatic heterocycles. The van der Waals surface area contributed by atoms with Crippen molar-refractivity contribution in [2.24, 2.45) is 7.05 Å². The Labute approximate surface area is 191 Å². The van der Waals surface area contributed by atoms with Gasteiger partial charge in [0, 0.05) is 31.4 Å².